The average Bonchev–Trinajstić information content (AvgIpc) is 3.52. The Bertz CT molecular complexity index is 1260. The first-order chi connectivity index (χ1) is 18.3. The lowest BCUT2D eigenvalue weighted by molar-refractivity contribution is -0.137. The minimum absolute atomic E-state index is 0.0116. The summed E-state index contributed by atoms with van der Waals surface area (Å²) in [6.45, 7) is 8.04. The summed E-state index contributed by atoms with van der Waals surface area (Å²) in [6, 6.07) is 2.78. The molecule has 214 valence electrons. The number of hydrogen-bond acceptors (Lipinski definition) is 5. The van der Waals surface area contributed by atoms with Gasteiger partial charge in [-0.15, -0.1) is 11.3 Å². The number of amides is 2. The molecule has 0 bridgehead atoms. The van der Waals surface area contributed by atoms with Gasteiger partial charge in [0.15, 0.2) is 4.80 Å². The highest BCUT2D eigenvalue weighted by atomic mass is 32.1. The van der Waals surface area contributed by atoms with Gasteiger partial charge in [-0.2, -0.15) is 18.2 Å². The first-order valence-corrected chi connectivity index (χ1v) is 13.9. The van der Waals surface area contributed by atoms with Crippen LogP contribution >= 0.6 is 11.3 Å². The van der Waals surface area contributed by atoms with Gasteiger partial charge in [0.05, 0.1) is 30.4 Å². The topological polar surface area (TPSA) is 93.4 Å². The molecule has 2 saturated heterocycles. The highest BCUT2D eigenvalue weighted by Crippen LogP contribution is 2.33. The molecule has 2 aliphatic heterocycles. The number of likely N-dealkylation sites (tertiary alicyclic amines) is 1. The Morgan fingerprint density at radius 1 is 1.21 bits per heavy atom. The molecule has 1 aromatic heterocycles. The van der Waals surface area contributed by atoms with Crippen LogP contribution in [0.4, 0.5) is 18.0 Å². The number of carbonyl (C=O) groups excluding carboxylic acids is 1. The van der Waals surface area contributed by atoms with Crippen LogP contribution in [0.2, 0.25) is 0 Å². The number of aromatic nitrogens is 1. The smallest absolute Gasteiger partial charge is 0.416 e. The summed E-state index contributed by atoms with van der Waals surface area (Å²) in [6.07, 6.45) is -0.559. The Balaban J connectivity index is 1.65. The summed E-state index contributed by atoms with van der Waals surface area (Å²) in [5.41, 5.74) is -1.48. The van der Waals surface area contributed by atoms with Crippen molar-refractivity contribution in [2.75, 3.05) is 26.3 Å². The molecule has 1 N–H and O–H groups in total. The molecular formula is C27H34F3N3O5S. The number of carbonyl (C=O) groups is 2. The molecule has 4 rings (SSSR count). The summed E-state index contributed by atoms with van der Waals surface area (Å²) in [7, 11) is 0. The minimum atomic E-state index is -4.65. The molecule has 8 nitrogen and oxygen atoms in total. The lowest BCUT2D eigenvalue weighted by Gasteiger charge is -2.30. The van der Waals surface area contributed by atoms with E-state index >= 15 is 0 Å². The van der Waals surface area contributed by atoms with Crippen LogP contribution in [-0.4, -0.2) is 59.0 Å². The summed E-state index contributed by atoms with van der Waals surface area (Å²) in [5.74, 6) is -0.991. The second-order valence-electron chi connectivity index (χ2n) is 11.1. The summed E-state index contributed by atoms with van der Waals surface area (Å²) >= 11 is 1.32. The number of thiazole rings is 1. The predicted molar refractivity (Wildman–Crippen MR) is 139 cm³/mol. The molecule has 2 atom stereocenters. The lowest BCUT2D eigenvalue weighted by atomic mass is 9.95. The van der Waals surface area contributed by atoms with Crippen LogP contribution in [-0.2, 0) is 22.9 Å². The summed E-state index contributed by atoms with van der Waals surface area (Å²) in [5, 5.41) is 9.28. The Labute approximate surface area is 229 Å². The number of hydrogen-bond donors (Lipinski definition) is 1. The van der Waals surface area contributed by atoms with Crippen LogP contribution in [0, 0.1) is 5.92 Å². The third-order valence-electron chi connectivity index (χ3n) is 6.88. The Morgan fingerprint density at radius 2 is 1.97 bits per heavy atom. The summed E-state index contributed by atoms with van der Waals surface area (Å²) in [4.78, 5) is 31.7. The Hall–Kier alpha value is -2.86. The van der Waals surface area contributed by atoms with Crippen molar-refractivity contribution in [3.63, 3.8) is 0 Å². The van der Waals surface area contributed by atoms with Gasteiger partial charge in [-0.05, 0) is 49.3 Å². The fraction of sp³-hybridized carbons (Fsp3) is 0.593. The first-order valence-electron chi connectivity index (χ1n) is 13.0. The van der Waals surface area contributed by atoms with Crippen LogP contribution < -0.4 is 9.54 Å². The first kappa shape index (κ1) is 29.1. The lowest BCUT2D eigenvalue weighted by Crippen LogP contribution is -2.40. The van der Waals surface area contributed by atoms with E-state index in [9.17, 15) is 27.9 Å². The van der Waals surface area contributed by atoms with Gasteiger partial charge in [-0.1, -0.05) is 20.8 Å². The molecule has 2 aromatic rings. The molecule has 2 aliphatic rings. The molecule has 0 aliphatic carbocycles. The third-order valence-corrected chi connectivity index (χ3v) is 8.33. The van der Waals surface area contributed by atoms with Gasteiger partial charge in [0.1, 0.15) is 5.75 Å². The van der Waals surface area contributed by atoms with Crippen molar-refractivity contribution in [2.24, 2.45) is 10.9 Å². The number of nitrogens with zero attached hydrogens (tertiary/aromatic N) is 3. The highest BCUT2D eigenvalue weighted by Gasteiger charge is 2.33. The number of ether oxygens (including phenoxy) is 2. The maximum atomic E-state index is 13.6. The molecule has 3 heterocycles. The molecule has 1 aromatic carbocycles. The standard InChI is InChI=1S/C27H34F3N3O5S/c1-26(2,3)22-15-33(14-19-7-5-11-37-19)24(39-22)31-23(34)20-12-18(27(28,29)30)8-9-21(20)38-16-17-6-4-10-32(13-17)25(35)36/h8-9,12,15,17,19H,4-7,10-11,13-14,16H2,1-3H3,(H,35,36)/t17-,19+/m0/s1. The van der Waals surface area contributed by atoms with Crippen LogP contribution in [0.15, 0.2) is 29.4 Å². The molecule has 2 amide bonds. The van der Waals surface area contributed by atoms with E-state index in [1.54, 1.807) is 0 Å². The van der Waals surface area contributed by atoms with E-state index in [1.165, 1.54) is 16.2 Å². The van der Waals surface area contributed by atoms with Crippen molar-refractivity contribution in [1.82, 2.24) is 9.47 Å². The zero-order valence-electron chi connectivity index (χ0n) is 22.3. The third kappa shape index (κ3) is 7.42. The van der Waals surface area contributed by atoms with Crippen molar-refractivity contribution in [3.8, 4) is 5.75 Å². The van der Waals surface area contributed by atoms with E-state index in [0.717, 1.165) is 35.9 Å². The molecule has 12 heteroatoms. The van der Waals surface area contributed by atoms with Crippen LogP contribution in [0.25, 0.3) is 0 Å². The minimum Gasteiger partial charge on any atom is -0.492 e. The molecule has 39 heavy (non-hydrogen) atoms. The number of benzene rings is 1. The van der Waals surface area contributed by atoms with Crippen molar-refractivity contribution in [2.45, 2.75) is 70.7 Å². The van der Waals surface area contributed by atoms with E-state index in [-0.39, 0.29) is 41.9 Å². The van der Waals surface area contributed by atoms with Crippen molar-refractivity contribution in [3.05, 3.63) is 45.2 Å². The number of piperidine rings is 1. The van der Waals surface area contributed by atoms with E-state index in [2.05, 4.69) is 4.99 Å². The maximum Gasteiger partial charge on any atom is 0.416 e. The molecule has 0 saturated carbocycles. The maximum absolute atomic E-state index is 13.6. The van der Waals surface area contributed by atoms with E-state index in [1.807, 2.05) is 31.5 Å². The van der Waals surface area contributed by atoms with Gasteiger partial charge in [0.25, 0.3) is 5.91 Å². The quantitative estimate of drug-likeness (QED) is 0.492. The largest absolute Gasteiger partial charge is 0.492 e. The zero-order valence-corrected chi connectivity index (χ0v) is 23.1. The predicted octanol–water partition coefficient (Wildman–Crippen LogP) is 5.55. The fourth-order valence-corrected chi connectivity index (χ4v) is 5.74. The highest BCUT2D eigenvalue weighted by molar-refractivity contribution is 7.09. The average molecular weight is 570 g/mol. The molecule has 2 fully saturated rings. The fourth-order valence-electron chi connectivity index (χ4n) is 4.68. The van der Waals surface area contributed by atoms with E-state index in [4.69, 9.17) is 9.47 Å². The number of carboxylic acid groups (broad SMARTS) is 1. The second-order valence-corrected chi connectivity index (χ2v) is 12.1. The normalized spacial score (nSPS) is 20.9. The van der Waals surface area contributed by atoms with E-state index in [0.29, 0.717) is 37.3 Å². The zero-order chi connectivity index (χ0) is 28.4. The Kier molecular flexibility index (Phi) is 8.75. The second kappa shape index (κ2) is 11.7. The van der Waals surface area contributed by atoms with Gasteiger partial charge >= 0.3 is 12.3 Å². The number of rotatable bonds is 6. The van der Waals surface area contributed by atoms with Crippen LogP contribution in [0.5, 0.6) is 5.75 Å². The molecular weight excluding hydrogens is 535 g/mol. The van der Waals surface area contributed by atoms with Crippen LogP contribution in [0.1, 0.15) is 67.3 Å². The van der Waals surface area contributed by atoms with E-state index < -0.39 is 23.7 Å². The van der Waals surface area contributed by atoms with Gasteiger partial charge in [-0.3, -0.25) is 4.79 Å². The SMILES string of the molecule is CC(C)(C)c1cn(C[C@H]2CCCO2)c(=NC(=O)c2cc(C(F)(F)F)ccc2OC[C@H]2CCCN(C(=O)O)C2)s1. The molecule has 0 unspecified atom stereocenters. The van der Waals surface area contributed by atoms with Crippen LogP contribution in [0.3, 0.4) is 0 Å². The summed E-state index contributed by atoms with van der Waals surface area (Å²) < 4.78 is 54.1. The van der Waals surface area contributed by atoms with Gasteiger partial charge in [0, 0.05) is 36.7 Å². The Morgan fingerprint density at radius 3 is 2.62 bits per heavy atom. The molecule has 0 radical (unpaired) electrons. The van der Waals surface area contributed by atoms with Crippen molar-refractivity contribution >= 4 is 23.3 Å². The number of halogens is 3. The van der Waals surface area contributed by atoms with Gasteiger partial charge in [0.2, 0.25) is 0 Å². The van der Waals surface area contributed by atoms with Gasteiger partial charge in [-0.25, -0.2) is 4.79 Å². The number of alkyl halides is 3. The van der Waals surface area contributed by atoms with Crippen molar-refractivity contribution < 1.29 is 37.3 Å². The molecule has 0 spiro atoms. The van der Waals surface area contributed by atoms with Crippen molar-refractivity contribution in [1.29, 1.82) is 0 Å². The monoisotopic (exact) mass is 569 g/mol. The van der Waals surface area contributed by atoms with Gasteiger partial charge < -0.3 is 24.0 Å².